The van der Waals surface area contributed by atoms with Gasteiger partial charge in [0, 0.05) is 5.02 Å². The first kappa shape index (κ1) is 13.3. The van der Waals surface area contributed by atoms with Gasteiger partial charge in [-0.1, -0.05) is 23.8 Å². The molecule has 0 spiro atoms. The summed E-state index contributed by atoms with van der Waals surface area (Å²) in [4.78, 5) is 11.1. The molecule has 4 heteroatoms. The predicted molar refractivity (Wildman–Crippen MR) is 66.5 cm³/mol. The third-order valence-electron chi connectivity index (χ3n) is 2.01. The van der Waals surface area contributed by atoms with Crippen molar-refractivity contribution in [3.05, 3.63) is 40.4 Å². The minimum absolute atomic E-state index is 0.195. The molecule has 1 rings (SSSR count). The summed E-state index contributed by atoms with van der Waals surface area (Å²) in [5.41, 5.74) is 1.25. The summed E-state index contributed by atoms with van der Waals surface area (Å²) in [7, 11) is 0. The molecule has 0 N–H and O–H groups in total. The third kappa shape index (κ3) is 4.29. The fourth-order valence-corrected chi connectivity index (χ4v) is 1.42. The second kappa shape index (κ2) is 6.72. The van der Waals surface area contributed by atoms with Crippen LogP contribution in [0.15, 0.2) is 24.3 Å². The van der Waals surface area contributed by atoms with E-state index in [-0.39, 0.29) is 12.4 Å². The topological polar surface area (TPSA) is 50.1 Å². The summed E-state index contributed by atoms with van der Waals surface area (Å²) >= 11 is 5.95. The normalized spacial score (nSPS) is 10.2. The van der Waals surface area contributed by atoms with Gasteiger partial charge in [0.05, 0.1) is 24.7 Å². The fourth-order valence-electron chi connectivity index (χ4n) is 1.24. The third-order valence-corrected chi connectivity index (χ3v) is 2.36. The summed E-state index contributed by atoms with van der Waals surface area (Å²) in [5, 5.41) is 9.29. The minimum Gasteiger partial charge on any atom is -0.466 e. The van der Waals surface area contributed by atoms with Crippen LogP contribution in [0.4, 0.5) is 0 Å². The Morgan fingerprint density at radius 1 is 1.59 bits per heavy atom. The lowest BCUT2D eigenvalue weighted by molar-refractivity contribution is -0.142. The molecule has 0 aliphatic rings. The van der Waals surface area contributed by atoms with Gasteiger partial charge >= 0.3 is 5.97 Å². The van der Waals surface area contributed by atoms with E-state index in [4.69, 9.17) is 21.6 Å². The van der Waals surface area contributed by atoms with Crippen LogP contribution in [-0.2, 0) is 9.53 Å². The van der Waals surface area contributed by atoms with Gasteiger partial charge in [0.15, 0.2) is 0 Å². The lowest BCUT2D eigenvalue weighted by atomic mass is 10.1. The summed E-state index contributed by atoms with van der Waals surface area (Å²) in [5.74, 6) is -0.281. The molecular weight excluding hydrogens is 238 g/mol. The Balaban J connectivity index is 2.71. The maximum Gasteiger partial charge on any atom is 0.309 e. The van der Waals surface area contributed by atoms with E-state index in [2.05, 4.69) is 0 Å². The number of carbonyl (C=O) groups excluding carboxylic acids is 1. The van der Waals surface area contributed by atoms with E-state index < -0.39 is 0 Å². The second-order valence-corrected chi connectivity index (χ2v) is 3.67. The fraction of sp³-hybridized carbons (Fsp3) is 0.231. The van der Waals surface area contributed by atoms with Crippen molar-refractivity contribution in [2.24, 2.45) is 0 Å². The molecule has 0 atom stereocenters. The number of benzene rings is 1. The molecule has 88 valence electrons. The first-order chi connectivity index (χ1) is 8.17. The predicted octanol–water partition coefficient (Wildman–Crippen LogP) is 3.18. The average Bonchev–Trinajstić information content (AvgIpc) is 2.32. The summed E-state index contributed by atoms with van der Waals surface area (Å²) in [6.07, 6.45) is 3.57. The van der Waals surface area contributed by atoms with Gasteiger partial charge in [-0.3, -0.25) is 4.79 Å². The zero-order chi connectivity index (χ0) is 12.7. The van der Waals surface area contributed by atoms with Crippen molar-refractivity contribution in [1.82, 2.24) is 0 Å². The molecule has 17 heavy (non-hydrogen) atoms. The van der Waals surface area contributed by atoms with Crippen molar-refractivity contribution < 1.29 is 9.53 Å². The van der Waals surface area contributed by atoms with E-state index in [9.17, 15) is 4.79 Å². The zero-order valence-electron chi connectivity index (χ0n) is 9.44. The molecule has 0 aliphatic carbocycles. The second-order valence-electron chi connectivity index (χ2n) is 3.26. The van der Waals surface area contributed by atoms with E-state index in [0.29, 0.717) is 17.2 Å². The lowest BCUT2D eigenvalue weighted by Gasteiger charge is -1.99. The van der Waals surface area contributed by atoms with Gasteiger partial charge in [-0.2, -0.15) is 5.26 Å². The molecule has 3 nitrogen and oxygen atoms in total. The van der Waals surface area contributed by atoms with Crippen LogP contribution < -0.4 is 0 Å². The number of hydrogen-bond donors (Lipinski definition) is 0. The first-order valence-corrected chi connectivity index (χ1v) is 5.57. The molecular formula is C13H12ClNO2. The highest BCUT2D eigenvalue weighted by atomic mass is 35.5. The van der Waals surface area contributed by atoms with Crippen molar-refractivity contribution in [2.75, 3.05) is 6.61 Å². The van der Waals surface area contributed by atoms with Crippen LogP contribution in [0, 0.1) is 11.3 Å². The molecule has 0 heterocycles. The molecule has 0 fully saturated rings. The number of nitrogens with zero attached hydrogens (tertiary/aromatic N) is 1. The zero-order valence-corrected chi connectivity index (χ0v) is 10.2. The number of rotatable bonds is 4. The maximum atomic E-state index is 11.1. The van der Waals surface area contributed by atoms with Gasteiger partial charge in [-0.25, -0.2) is 0 Å². The van der Waals surface area contributed by atoms with Crippen LogP contribution in [0.25, 0.3) is 6.08 Å². The van der Waals surface area contributed by atoms with Crippen molar-refractivity contribution in [2.45, 2.75) is 13.3 Å². The van der Waals surface area contributed by atoms with Crippen LogP contribution in [0.2, 0.25) is 5.02 Å². The average molecular weight is 250 g/mol. The lowest BCUT2D eigenvalue weighted by Crippen LogP contribution is -2.01. The van der Waals surface area contributed by atoms with Crippen LogP contribution in [0.5, 0.6) is 0 Å². The Bertz CT molecular complexity index is 475. The van der Waals surface area contributed by atoms with Crippen molar-refractivity contribution in [3.8, 4) is 6.07 Å². The standard InChI is InChI=1S/C13H12ClNO2/c1-2-17-13(16)5-3-4-11-8-10(9-15)6-7-12(11)14/h3-4,6-8H,2,5H2,1H3. The van der Waals surface area contributed by atoms with Crippen LogP contribution in [0.3, 0.4) is 0 Å². The number of esters is 1. The Labute approximate surface area is 105 Å². The van der Waals surface area contributed by atoms with Crippen LogP contribution in [0.1, 0.15) is 24.5 Å². The molecule has 0 amide bonds. The molecule has 0 aliphatic heterocycles. The van der Waals surface area contributed by atoms with Gasteiger partial charge in [-0.05, 0) is 30.7 Å². The van der Waals surface area contributed by atoms with E-state index in [1.165, 1.54) is 0 Å². The number of nitriles is 1. The highest BCUT2D eigenvalue weighted by molar-refractivity contribution is 6.32. The summed E-state index contributed by atoms with van der Waals surface area (Å²) in [6.45, 7) is 2.13. The molecule has 1 aromatic carbocycles. The van der Waals surface area contributed by atoms with Crippen LogP contribution >= 0.6 is 11.6 Å². The Kier molecular flexibility index (Phi) is 5.25. The molecule has 0 saturated carbocycles. The first-order valence-electron chi connectivity index (χ1n) is 5.19. The van der Waals surface area contributed by atoms with E-state index >= 15 is 0 Å². The quantitative estimate of drug-likeness (QED) is 0.770. The largest absolute Gasteiger partial charge is 0.466 e. The molecule has 1 aromatic rings. The highest BCUT2D eigenvalue weighted by Gasteiger charge is 2.00. The van der Waals surface area contributed by atoms with Gasteiger partial charge in [-0.15, -0.1) is 0 Å². The van der Waals surface area contributed by atoms with E-state index in [1.54, 1.807) is 37.3 Å². The summed E-state index contributed by atoms with van der Waals surface area (Å²) < 4.78 is 4.78. The van der Waals surface area contributed by atoms with Crippen molar-refractivity contribution in [1.29, 1.82) is 5.26 Å². The SMILES string of the molecule is CCOC(=O)CC=Cc1cc(C#N)ccc1Cl. The smallest absolute Gasteiger partial charge is 0.309 e. The summed E-state index contributed by atoms with van der Waals surface area (Å²) in [6, 6.07) is 7.00. The van der Waals surface area contributed by atoms with Gasteiger partial charge < -0.3 is 4.74 Å². The number of hydrogen-bond acceptors (Lipinski definition) is 3. The number of halogens is 1. The Morgan fingerprint density at radius 3 is 3.00 bits per heavy atom. The Morgan fingerprint density at radius 2 is 2.35 bits per heavy atom. The monoisotopic (exact) mass is 249 g/mol. The van der Waals surface area contributed by atoms with Crippen LogP contribution in [-0.4, -0.2) is 12.6 Å². The van der Waals surface area contributed by atoms with E-state index in [1.807, 2.05) is 6.07 Å². The highest BCUT2D eigenvalue weighted by Crippen LogP contribution is 2.19. The van der Waals surface area contributed by atoms with Crippen molar-refractivity contribution >= 4 is 23.6 Å². The Hall–Kier alpha value is -1.79. The number of carbonyl (C=O) groups is 1. The number of ether oxygens (including phenoxy) is 1. The van der Waals surface area contributed by atoms with Crippen molar-refractivity contribution in [3.63, 3.8) is 0 Å². The van der Waals surface area contributed by atoms with Gasteiger partial charge in [0.2, 0.25) is 0 Å². The minimum atomic E-state index is -0.281. The molecule has 0 unspecified atom stereocenters. The maximum absolute atomic E-state index is 11.1. The molecule has 0 bridgehead atoms. The van der Waals surface area contributed by atoms with Gasteiger partial charge in [0.1, 0.15) is 0 Å². The van der Waals surface area contributed by atoms with Gasteiger partial charge in [0.25, 0.3) is 0 Å². The van der Waals surface area contributed by atoms with E-state index in [0.717, 1.165) is 5.56 Å². The molecule has 0 radical (unpaired) electrons. The molecule has 0 saturated heterocycles. The molecule has 0 aromatic heterocycles.